The molecule has 0 bridgehead atoms. The maximum atomic E-state index is 12.2. The fourth-order valence-electron chi connectivity index (χ4n) is 2.41. The summed E-state index contributed by atoms with van der Waals surface area (Å²) in [6.07, 6.45) is 1.29. The van der Waals surface area contributed by atoms with Crippen LogP contribution in [0, 0.1) is 0 Å². The van der Waals surface area contributed by atoms with E-state index >= 15 is 0 Å². The highest BCUT2D eigenvalue weighted by Crippen LogP contribution is 2.29. The molecular weight excluding hydrogens is 378 g/mol. The number of nitrogens with zero attached hydrogens (tertiary/aromatic N) is 2. The van der Waals surface area contributed by atoms with Gasteiger partial charge in [-0.05, 0) is 41.8 Å². The van der Waals surface area contributed by atoms with E-state index in [1.165, 1.54) is 11.9 Å². The molecule has 2 aromatic carbocycles. The molecule has 8 heteroatoms. The average molecular weight is 398 g/mol. The first-order chi connectivity index (χ1) is 13.4. The third kappa shape index (κ3) is 4.69. The summed E-state index contributed by atoms with van der Waals surface area (Å²) in [5.41, 5.74) is 13.0. The molecule has 3 aromatic rings. The third-order valence-electron chi connectivity index (χ3n) is 3.99. The van der Waals surface area contributed by atoms with Gasteiger partial charge in [-0.15, -0.1) is 0 Å². The quantitative estimate of drug-likeness (QED) is 0.533. The molecule has 0 fully saturated rings. The molecule has 1 amide bonds. The number of anilines is 2. The number of hydrogen-bond acceptors (Lipinski definition) is 6. The summed E-state index contributed by atoms with van der Waals surface area (Å²) in [6.45, 7) is 4.24. The highest BCUT2D eigenvalue weighted by atomic mass is 35.5. The van der Waals surface area contributed by atoms with Crippen LogP contribution in [-0.4, -0.2) is 15.9 Å². The number of nitrogens with two attached hydrogens (primary N) is 1. The number of carbonyl (C=O) groups excluding carboxylic acids is 1. The number of halogens is 1. The molecule has 0 spiro atoms. The van der Waals surface area contributed by atoms with E-state index in [2.05, 4.69) is 34.7 Å². The molecule has 0 saturated carbocycles. The van der Waals surface area contributed by atoms with E-state index in [0.717, 1.165) is 0 Å². The predicted octanol–water partition coefficient (Wildman–Crippen LogP) is 4.38. The molecule has 4 N–H and O–H groups in total. The van der Waals surface area contributed by atoms with E-state index in [-0.39, 0.29) is 23.3 Å². The molecule has 0 saturated heterocycles. The molecule has 144 valence electrons. The zero-order valence-corrected chi connectivity index (χ0v) is 16.2. The second-order valence-electron chi connectivity index (χ2n) is 6.36. The van der Waals surface area contributed by atoms with Crippen LogP contribution < -0.4 is 21.3 Å². The summed E-state index contributed by atoms with van der Waals surface area (Å²) < 4.78 is 5.75. The molecular formula is C20H20ClN5O2. The highest BCUT2D eigenvalue weighted by molar-refractivity contribution is 6.30. The van der Waals surface area contributed by atoms with Gasteiger partial charge in [-0.25, -0.2) is 4.98 Å². The minimum atomic E-state index is -0.382. The number of amides is 1. The molecule has 1 heterocycles. The molecule has 1 aromatic heterocycles. The minimum absolute atomic E-state index is 0.168. The SMILES string of the molecule is CC(C)c1ccc(Oc2ncnc(NNC(=O)c3cccc(Cl)c3)c2N)cc1. The molecule has 0 unspecified atom stereocenters. The molecule has 0 radical (unpaired) electrons. The van der Waals surface area contributed by atoms with Crippen LogP contribution in [0.3, 0.4) is 0 Å². The van der Waals surface area contributed by atoms with Gasteiger partial charge in [-0.2, -0.15) is 4.98 Å². The van der Waals surface area contributed by atoms with E-state index in [1.54, 1.807) is 24.3 Å². The number of hydrazine groups is 1. The summed E-state index contributed by atoms with van der Waals surface area (Å²) in [4.78, 5) is 20.3. The Bertz CT molecular complexity index is 977. The summed E-state index contributed by atoms with van der Waals surface area (Å²) in [5, 5.41) is 0.466. The van der Waals surface area contributed by atoms with Crippen molar-refractivity contribution in [2.75, 3.05) is 11.2 Å². The van der Waals surface area contributed by atoms with Crippen LogP contribution >= 0.6 is 11.6 Å². The van der Waals surface area contributed by atoms with Gasteiger partial charge in [-0.1, -0.05) is 43.6 Å². The lowest BCUT2D eigenvalue weighted by atomic mass is 10.0. The fourth-order valence-corrected chi connectivity index (χ4v) is 2.60. The Morgan fingerprint density at radius 3 is 2.57 bits per heavy atom. The maximum Gasteiger partial charge on any atom is 0.269 e. The van der Waals surface area contributed by atoms with Crippen LogP contribution in [-0.2, 0) is 0 Å². The number of nitrogens with one attached hydrogen (secondary N) is 2. The topological polar surface area (TPSA) is 102 Å². The van der Waals surface area contributed by atoms with Crippen LogP contribution in [0.4, 0.5) is 11.5 Å². The first-order valence-electron chi connectivity index (χ1n) is 8.64. The van der Waals surface area contributed by atoms with Gasteiger partial charge in [-0.3, -0.25) is 15.6 Å². The highest BCUT2D eigenvalue weighted by Gasteiger charge is 2.12. The number of ether oxygens (including phenoxy) is 1. The first kappa shape index (κ1) is 19.4. The first-order valence-corrected chi connectivity index (χ1v) is 9.02. The lowest BCUT2D eigenvalue weighted by Gasteiger charge is -2.13. The van der Waals surface area contributed by atoms with Gasteiger partial charge in [0.05, 0.1) is 0 Å². The molecule has 7 nitrogen and oxygen atoms in total. The summed E-state index contributed by atoms with van der Waals surface area (Å²) >= 11 is 5.90. The average Bonchev–Trinajstić information content (AvgIpc) is 2.69. The summed E-state index contributed by atoms with van der Waals surface area (Å²) in [5.74, 6) is 1.05. The van der Waals surface area contributed by atoms with Crippen LogP contribution in [0.2, 0.25) is 5.02 Å². The van der Waals surface area contributed by atoms with Crippen LogP contribution in [0.15, 0.2) is 54.9 Å². The van der Waals surface area contributed by atoms with Crippen molar-refractivity contribution in [3.05, 3.63) is 71.0 Å². The van der Waals surface area contributed by atoms with Gasteiger partial charge in [0.1, 0.15) is 17.8 Å². The van der Waals surface area contributed by atoms with Crippen molar-refractivity contribution in [1.29, 1.82) is 0 Å². The van der Waals surface area contributed by atoms with Gasteiger partial charge in [0, 0.05) is 10.6 Å². The number of aromatic nitrogens is 2. The van der Waals surface area contributed by atoms with E-state index in [1.807, 2.05) is 24.3 Å². The zero-order chi connectivity index (χ0) is 20.1. The Hall–Kier alpha value is -3.32. The standard InChI is InChI=1S/C20H20ClN5O2/c1-12(2)13-6-8-16(9-7-13)28-20-17(22)18(23-11-24-20)25-26-19(27)14-4-3-5-15(21)10-14/h3-12H,22H2,1-2H3,(H,26,27)(H,23,24,25). The second-order valence-corrected chi connectivity index (χ2v) is 6.79. The molecule has 0 aliphatic heterocycles. The van der Waals surface area contributed by atoms with E-state index in [9.17, 15) is 4.79 Å². The number of rotatable bonds is 6. The van der Waals surface area contributed by atoms with Crippen molar-refractivity contribution in [3.8, 4) is 11.6 Å². The lowest BCUT2D eigenvalue weighted by Crippen LogP contribution is -2.30. The number of benzene rings is 2. The van der Waals surface area contributed by atoms with Crippen molar-refractivity contribution >= 4 is 29.0 Å². The maximum absolute atomic E-state index is 12.2. The van der Waals surface area contributed by atoms with Crippen molar-refractivity contribution in [2.45, 2.75) is 19.8 Å². The monoisotopic (exact) mass is 397 g/mol. The van der Waals surface area contributed by atoms with Crippen LogP contribution in [0.1, 0.15) is 35.7 Å². The molecule has 28 heavy (non-hydrogen) atoms. The Balaban J connectivity index is 1.69. The summed E-state index contributed by atoms with van der Waals surface area (Å²) in [6, 6.07) is 14.2. The van der Waals surface area contributed by atoms with Gasteiger partial charge in [0.2, 0.25) is 5.88 Å². The molecule has 0 aliphatic carbocycles. The largest absolute Gasteiger partial charge is 0.437 e. The number of nitrogen functional groups attached to an aromatic ring is 1. The van der Waals surface area contributed by atoms with Crippen LogP contribution in [0.25, 0.3) is 0 Å². The smallest absolute Gasteiger partial charge is 0.269 e. The second kappa shape index (κ2) is 8.58. The Kier molecular flexibility index (Phi) is 5.96. The van der Waals surface area contributed by atoms with Gasteiger partial charge < -0.3 is 10.5 Å². The fraction of sp³-hybridized carbons (Fsp3) is 0.150. The van der Waals surface area contributed by atoms with Gasteiger partial charge in [0.15, 0.2) is 5.82 Å². The zero-order valence-electron chi connectivity index (χ0n) is 15.4. The predicted molar refractivity (Wildman–Crippen MR) is 110 cm³/mol. The van der Waals surface area contributed by atoms with Crippen molar-refractivity contribution in [1.82, 2.24) is 15.4 Å². The van der Waals surface area contributed by atoms with Crippen LogP contribution in [0.5, 0.6) is 11.6 Å². The van der Waals surface area contributed by atoms with Crippen molar-refractivity contribution < 1.29 is 9.53 Å². The number of carbonyl (C=O) groups is 1. The normalized spacial score (nSPS) is 10.6. The minimum Gasteiger partial charge on any atom is -0.437 e. The Morgan fingerprint density at radius 1 is 1.14 bits per heavy atom. The molecule has 3 rings (SSSR count). The van der Waals surface area contributed by atoms with E-state index in [4.69, 9.17) is 22.1 Å². The third-order valence-corrected chi connectivity index (χ3v) is 4.22. The van der Waals surface area contributed by atoms with E-state index < -0.39 is 0 Å². The van der Waals surface area contributed by atoms with E-state index in [0.29, 0.717) is 22.3 Å². The van der Waals surface area contributed by atoms with Crippen molar-refractivity contribution in [2.24, 2.45) is 0 Å². The Labute approximate surface area is 167 Å². The lowest BCUT2D eigenvalue weighted by molar-refractivity contribution is 0.0962. The summed E-state index contributed by atoms with van der Waals surface area (Å²) in [7, 11) is 0. The molecule has 0 atom stereocenters. The Morgan fingerprint density at radius 2 is 1.89 bits per heavy atom. The van der Waals surface area contributed by atoms with Crippen molar-refractivity contribution in [3.63, 3.8) is 0 Å². The van der Waals surface area contributed by atoms with Gasteiger partial charge in [0.25, 0.3) is 5.91 Å². The molecule has 0 aliphatic rings. The number of hydrogen-bond donors (Lipinski definition) is 3. The van der Waals surface area contributed by atoms with Gasteiger partial charge >= 0.3 is 0 Å².